The van der Waals surface area contributed by atoms with Crippen LogP contribution in [0.2, 0.25) is 10.0 Å². The highest BCUT2D eigenvalue weighted by atomic mass is 35.5. The minimum atomic E-state index is -0.737. The number of esters is 1. The molecule has 2 rings (SSSR count). The standard InChI is InChI=1S/C16H12Cl2N2O4/c1-23-15(21)9-2-4-10(5-3-9)16(22)24-20-14(19)12-7-6-11(17)8-13(12)18/h2-8H,1H3,(H2,19,20). The van der Waals surface area contributed by atoms with Crippen molar-refractivity contribution in [2.45, 2.75) is 0 Å². The van der Waals surface area contributed by atoms with Crippen LogP contribution in [0, 0.1) is 0 Å². The van der Waals surface area contributed by atoms with Crippen molar-refractivity contribution in [1.29, 1.82) is 0 Å². The summed E-state index contributed by atoms with van der Waals surface area (Å²) < 4.78 is 4.57. The lowest BCUT2D eigenvalue weighted by atomic mass is 10.1. The fourth-order valence-electron chi connectivity index (χ4n) is 1.75. The maximum atomic E-state index is 11.9. The summed E-state index contributed by atoms with van der Waals surface area (Å²) in [6, 6.07) is 10.3. The number of halogens is 2. The first-order valence-electron chi connectivity index (χ1n) is 6.61. The van der Waals surface area contributed by atoms with Crippen LogP contribution in [0.15, 0.2) is 47.6 Å². The Balaban J connectivity index is 2.10. The maximum absolute atomic E-state index is 11.9. The Morgan fingerprint density at radius 1 is 1.00 bits per heavy atom. The van der Waals surface area contributed by atoms with Crippen LogP contribution in [-0.4, -0.2) is 24.9 Å². The van der Waals surface area contributed by atoms with Gasteiger partial charge in [0, 0.05) is 10.6 Å². The number of hydrogen-bond acceptors (Lipinski definition) is 5. The van der Waals surface area contributed by atoms with E-state index in [-0.39, 0.29) is 16.4 Å². The summed E-state index contributed by atoms with van der Waals surface area (Å²) in [7, 11) is 1.27. The average molecular weight is 367 g/mol. The molecule has 2 aromatic rings. The molecule has 8 heteroatoms. The zero-order valence-electron chi connectivity index (χ0n) is 12.5. The van der Waals surface area contributed by atoms with Gasteiger partial charge in [-0.25, -0.2) is 9.59 Å². The number of nitrogens with two attached hydrogens (primary N) is 1. The first-order chi connectivity index (χ1) is 11.4. The van der Waals surface area contributed by atoms with Crippen LogP contribution in [0.5, 0.6) is 0 Å². The van der Waals surface area contributed by atoms with Crippen LogP contribution in [0.25, 0.3) is 0 Å². The average Bonchev–Trinajstić information content (AvgIpc) is 2.58. The molecule has 0 unspecified atom stereocenters. The number of benzene rings is 2. The Hall–Kier alpha value is -2.57. The van der Waals surface area contributed by atoms with Crippen LogP contribution in [0.1, 0.15) is 26.3 Å². The van der Waals surface area contributed by atoms with Crippen LogP contribution in [-0.2, 0) is 9.57 Å². The number of amidine groups is 1. The molecule has 2 aromatic carbocycles. The van der Waals surface area contributed by atoms with Crippen molar-refractivity contribution in [3.05, 3.63) is 69.2 Å². The third-order valence-electron chi connectivity index (χ3n) is 2.98. The fraction of sp³-hybridized carbons (Fsp3) is 0.0625. The molecule has 0 atom stereocenters. The highest BCUT2D eigenvalue weighted by Crippen LogP contribution is 2.20. The topological polar surface area (TPSA) is 91.0 Å². The number of carbonyl (C=O) groups excluding carboxylic acids is 2. The zero-order valence-corrected chi connectivity index (χ0v) is 14.0. The summed E-state index contributed by atoms with van der Waals surface area (Å²) in [5.74, 6) is -1.31. The van der Waals surface area contributed by atoms with E-state index in [9.17, 15) is 9.59 Å². The van der Waals surface area contributed by atoms with E-state index >= 15 is 0 Å². The molecular weight excluding hydrogens is 355 g/mol. The van der Waals surface area contributed by atoms with Gasteiger partial charge in [-0.05, 0) is 42.5 Å². The third kappa shape index (κ3) is 4.24. The van der Waals surface area contributed by atoms with Crippen molar-refractivity contribution in [2.24, 2.45) is 10.9 Å². The van der Waals surface area contributed by atoms with Gasteiger partial charge in [-0.15, -0.1) is 0 Å². The molecule has 0 bridgehead atoms. The molecule has 0 spiro atoms. The summed E-state index contributed by atoms with van der Waals surface area (Å²) in [5.41, 5.74) is 6.63. The Morgan fingerprint density at radius 2 is 1.58 bits per heavy atom. The van der Waals surface area contributed by atoms with E-state index in [2.05, 4.69) is 9.89 Å². The minimum Gasteiger partial charge on any atom is -0.465 e. The van der Waals surface area contributed by atoms with Gasteiger partial charge >= 0.3 is 11.9 Å². The van der Waals surface area contributed by atoms with Gasteiger partial charge in [-0.1, -0.05) is 28.4 Å². The SMILES string of the molecule is COC(=O)c1ccc(C(=O)O/N=C(\N)c2ccc(Cl)cc2Cl)cc1. The quantitative estimate of drug-likeness (QED) is 0.295. The van der Waals surface area contributed by atoms with Gasteiger partial charge < -0.3 is 15.3 Å². The molecule has 0 heterocycles. The molecule has 0 radical (unpaired) electrons. The molecule has 0 aliphatic rings. The molecule has 2 N–H and O–H groups in total. The number of methoxy groups -OCH3 is 1. The zero-order chi connectivity index (χ0) is 17.7. The van der Waals surface area contributed by atoms with Gasteiger partial charge in [0.1, 0.15) is 0 Å². The molecule has 0 aliphatic heterocycles. The normalized spacial score (nSPS) is 11.0. The lowest BCUT2D eigenvalue weighted by molar-refractivity contribution is 0.0514. The Morgan fingerprint density at radius 3 is 2.12 bits per heavy atom. The van der Waals surface area contributed by atoms with Crippen LogP contribution in [0.4, 0.5) is 0 Å². The van der Waals surface area contributed by atoms with Crippen molar-refractivity contribution < 1.29 is 19.2 Å². The molecule has 0 fully saturated rings. The second-order valence-electron chi connectivity index (χ2n) is 4.55. The first-order valence-corrected chi connectivity index (χ1v) is 7.36. The minimum absolute atomic E-state index is 0.0730. The first kappa shape index (κ1) is 17.8. The van der Waals surface area contributed by atoms with E-state index in [1.165, 1.54) is 37.4 Å². The lowest BCUT2D eigenvalue weighted by Crippen LogP contribution is -2.16. The summed E-state index contributed by atoms with van der Waals surface area (Å²) in [6.45, 7) is 0. The van der Waals surface area contributed by atoms with Crippen molar-refractivity contribution in [2.75, 3.05) is 7.11 Å². The lowest BCUT2D eigenvalue weighted by Gasteiger charge is -2.04. The monoisotopic (exact) mass is 366 g/mol. The van der Waals surface area contributed by atoms with Crippen molar-refractivity contribution in [1.82, 2.24) is 0 Å². The van der Waals surface area contributed by atoms with Gasteiger partial charge in [0.05, 0.1) is 23.3 Å². The van der Waals surface area contributed by atoms with Gasteiger partial charge in [0.25, 0.3) is 0 Å². The van der Waals surface area contributed by atoms with E-state index in [1.807, 2.05) is 0 Å². The van der Waals surface area contributed by atoms with Crippen LogP contribution >= 0.6 is 23.2 Å². The molecule has 0 aromatic heterocycles. The Labute approximate surface area is 147 Å². The predicted octanol–water partition coefficient (Wildman–Crippen LogP) is 3.26. The largest absolute Gasteiger partial charge is 0.465 e. The number of oxime groups is 1. The van der Waals surface area contributed by atoms with Gasteiger partial charge in [0.2, 0.25) is 0 Å². The molecule has 6 nitrogen and oxygen atoms in total. The molecule has 24 heavy (non-hydrogen) atoms. The highest BCUT2D eigenvalue weighted by molar-refractivity contribution is 6.36. The number of carbonyl (C=O) groups is 2. The molecule has 0 amide bonds. The van der Waals surface area contributed by atoms with Crippen LogP contribution < -0.4 is 5.73 Å². The number of ether oxygens (including phenoxy) is 1. The number of nitrogens with zero attached hydrogens (tertiary/aromatic N) is 1. The predicted molar refractivity (Wildman–Crippen MR) is 90.4 cm³/mol. The van der Waals surface area contributed by atoms with E-state index in [4.69, 9.17) is 33.8 Å². The van der Waals surface area contributed by atoms with Crippen molar-refractivity contribution in [3.8, 4) is 0 Å². The van der Waals surface area contributed by atoms with Crippen molar-refractivity contribution >= 4 is 41.0 Å². The molecule has 0 aliphatic carbocycles. The van der Waals surface area contributed by atoms with E-state index in [1.54, 1.807) is 12.1 Å². The molecule has 124 valence electrons. The summed E-state index contributed by atoms with van der Waals surface area (Å²) in [4.78, 5) is 28.0. The van der Waals surface area contributed by atoms with Crippen molar-refractivity contribution in [3.63, 3.8) is 0 Å². The second-order valence-corrected chi connectivity index (χ2v) is 5.39. The Kier molecular flexibility index (Phi) is 5.78. The summed E-state index contributed by atoms with van der Waals surface area (Å²) >= 11 is 11.8. The second kappa shape index (κ2) is 7.81. The molecule has 0 saturated carbocycles. The number of rotatable bonds is 4. The van der Waals surface area contributed by atoms with E-state index < -0.39 is 11.9 Å². The highest BCUT2D eigenvalue weighted by Gasteiger charge is 2.12. The fourth-order valence-corrected chi connectivity index (χ4v) is 2.26. The summed E-state index contributed by atoms with van der Waals surface area (Å²) in [5, 5.41) is 4.28. The smallest absolute Gasteiger partial charge is 0.365 e. The maximum Gasteiger partial charge on any atom is 0.365 e. The third-order valence-corrected chi connectivity index (χ3v) is 3.52. The molecular formula is C16H12Cl2N2O4. The number of hydrogen-bond donors (Lipinski definition) is 1. The Bertz CT molecular complexity index is 804. The van der Waals surface area contributed by atoms with E-state index in [0.29, 0.717) is 16.1 Å². The van der Waals surface area contributed by atoms with E-state index in [0.717, 1.165) is 0 Å². The van der Waals surface area contributed by atoms with Gasteiger partial charge in [-0.2, -0.15) is 0 Å². The summed E-state index contributed by atoms with van der Waals surface area (Å²) in [6.07, 6.45) is 0. The van der Waals surface area contributed by atoms with Crippen LogP contribution in [0.3, 0.4) is 0 Å². The van der Waals surface area contributed by atoms with Gasteiger partial charge in [0.15, 0.2) is 5.84 Å². The molecule has 0 saturated heterocycles. The van der Waals surface area contributed by atoms with Gasteiger partial charge in [-0.3, -0.25) is 0 Å².